The summed E-state index contributed by atoms with van der Waals surface area (Å²) < 4.78 is 14.0. The number of rotatable bonds is 2. The molecule has 1 aromatic carbocycles. The quantitative estimate of drug-likeness (QED) is 0.851. The zero-order chi connectivity index (χ0) is 10.1. The Bertz CT molecular complexity index is 310. The van der Waals surface area contributed by atoms with Gasteiger partial charge in [-0.2, -0.15) is 0 Å². The van der Waals surface area contributed by atoms with Gasteiger partial charge >= 0.3 is 0 Å². The highest BCUT2D eigenvalue weighted by Crippen LogP contribution is 2.28. The van der Waals surface area contributed by atoms with Crippen molar-refractivity contribution in [1.29, 1.82) is 0 Å². The number of aliphatic hydroxyl groups is 1. The van der Waals surface area contributed by atoms with E-state index in [2.05, 4.69) is 15.9 Å². The predicted octanol–water partition coefficient (Wildman–Crippen LogP) is 2.86. The van der Waals surface area contributed by atoms with Crippen molar-refractivity contribution in [2.45, 2.75) is 19.3 Å². The van der Waals surface area contributed by atoms with Crippen LogP contribution in [0.4, 0.5) is 4.39 Å². The molecule has 0 aliphatic heterocycles. The first kappa shape index (κ1) is 10.7. The molecule has 0 heterocycles. The van der Waals surface area contributed by atoms with Crippen LogP contribution in [0.15, 0.2) is 22.7 Å². The number of hydrogen-bond acceptors (Lipinski definition) is 1. The Kier molecular flexibility index (Phi) is 3.09. The van der Waals surface area contributed by atoms with Crippen LogP contribution in [0.1, 0.15) is 19.4 Å². The lowest BCUT2D eigenvalue weighted by Gasteiger charge is -2.23. The third-order valence-corrected chi connectivity index (χ3v) is 2.69. The molecule has 0 saturated heterocycles. The average Bonchev–Trinajstić information content (AvgIpc) is 2.09. The molecule has 1 N–H and O–H groups in total. The molecule has 0 radical (unpaired) electrons. The first-order valence-electron chi connectivity index (χ1n) is 4.04. The van der Waals surface area contributed by atoms with E-state index in [0.29, 0.717) is 10.0 Å². The van der Waals surface area contributed by atoms with E-state index < -0.39 is 5.41 Å². The van der Waals surface area contributed by atoms with E-state index >= 15 is 0 Å². The van der Waals surface area contributed by atoms with Crippen LogP contribution in [0, 0.1) is 5.82 Å². The molecule has 1 rings (SSSR count). The molecule has 0 unspecified atom stereocenters. The normalized spacial score (nSPS) is 11.8. The lowest BCUT2D eigenvalue weighted by atomic mass is 9.85. The van der Waals surface area contributed by atoms with Gasteiger partial charge in [0.1, 0.15) is 5.82 Å². The second kappa shape index (κ2) is 3.76. The minimum Gasteiger partial charge on any atom is -0.395 e. The Hall–Kier alpha value is -0.410. The van der Waals surface area contributed by atoms with Crippen LogP contribution in [-0.4, -0.2) is 11.7 Å². The lowest BCUT2D eigenvalue weighted by molar-refractivity contribution is 0.215. The van der Waals surface area contributed by atoms with Crippen LogP contribution in [0.3, 0.4) is 0 Å². The number of hydrogen-bond donors (Lipinski definition) is 1. The smallest absolute Gasteiger partial charge is 0.141 e. The van der Waals surface area contributed by atoms with E-state index in [1.54, 1.807) is 32.0 Å². The maximum Gasteiger partial charge on any atom is 0.141 e. The number of halogens is 2. The molecule has 0 aliphatic rings. The predicted molar refractivity (Wildman–Crippen MR) is 54.2 cm³/mol. The first-order valence-corrected chi connectivity index (χ1v) is 4.83. The number of aliphatic hydroxyl groups excluding tert-OH is 1. The zero-order valence-electron chi connectivity index (χ0n) is 7.64. The van der Waals surface area contributed by atoms with Gasteiger partial charge in [0.05, 0.1) is 11.1 Å². The maximum absolute atomic E-state index is 13.5. The van der Waals surface area contributed by atoms with Gasteiger partial charge in [-0.3, -0.25) is 0 Å². The van der Waals surface area contributed by atoms with Gasteiger partial charge in [0.25, 0.3) is 0 Å². The molecule has 0 bridgehead atoms. The maximum atomic E-state index is 13.5. The molecular weight excluding hydrogens is 235 g/mol. The first-order chi connectivity index (χ1) is 5.99. The molecule has 13 heavy (non-hydrogen) atoms. The van der Waals surface area contributed by atoms with Crippen molar-refractivity contribution in [2.24, 2.45) is 0 Å². The molecule has 0 atom stereocenters. The molecule has 3 heteroatoms. The van der Waals surface area contributed by atoms with Crippen molar-refractivity contribution in [2.75, 3.05) is 6.61 Å². The molecule has 72 valence electrons. The Balaban J connectivity index is 3.22. The van der Waals surface area contributed by atoms with E-state index in [9.17, 15) is 4.39 Å². The van der Waals surface area contributed by atoms with Crippen LogP contribution >= 0.6 is 15.9 Å². The van der Waals surface area contributed by atoms with Gasteiger partial charge in [-0.15, -0.1) is 0 Å². The summed E-state index contributed by atoms with van der Waals surface area (Å²) in [5, 5.41) is 9.08. The fourth-order valence-corrected chi connectivity index (χ4v) is 1.48. The van der Waals surface area contributed by atoms with Crippen molar-refractivity contribution >= 4 is 15.9 Å². The van der Waals surface area contributed by atoms with Gasteiger partial charge < -0.3 is 5.11 Å². The summed E-state index contributed by atoms with van der Waals surface area (Å²) >= 11 is 3.11. The third kappa shape index (κ3) is 2.09. The van der Waals surface area contributed by atoms with E-state index in [1.807, 2.05) is 0 Å². The monoisotopic (exact) mass is 246 g/mol. The summed E-state index contributed by atoms with van der Waals surface area (Å²) in [6.45, 7) is 3.54. The summed E-state index contributed by atoms with van der Waals surface area (Å²) in [6.07, 6.45) is 0. The summed E-state index contributed by atoms with van der Waals surface area (Å²) in [5.74, 6) is -0.290. The van der Waals surface area contributed by atoms with Crippen molar-refractivity contribution in [3.63, 3.8) is 0 Å². The van der Waals surface area contributed by atoms with Gasteiger partial charge in [-0.25, -0.2) is 4.39 Å². The average molecular weight is 247 g/mol. The molecule has 1 aromatic rings. The van der Waals surface area contributed by atoms with E-state index in [4.69, 9.17) is 5.11 Å². The molecule has 0 saturated carbocycles. The highest BCUT2D eigenvalue weighted by atomic mass is 79.9. The Morgan fingerprint density at radius 2 is 2.08 bits per heavy atom. The van der Waals surface area contributed by atoms with E-state index in [0.717, 1.165) is 0 Å². The van der Waals surface area contributed by atoms with Crippen LogP contribution in [0.5, 0.6) is 0 Å². The number of benzene rings is 1. The molecule has 0 fully saturated rings. The molecular formula is C10H12BrFO. The van der Waals surface area contributed by atoms with Crippen LogP contribution in [-0.2, 0) is 5.41 Å². The fourth-order valence-electron chi connectivity index (χ4n) is 1.11. The summed E-state index contributed by atoms with van der Waals surface area (Å²) in [4.78, 5) is 0. The Morgan fingerprint density at radius 3 is 2.62 bits per heavy atom. The minimum absolute atomic E-state index is 0.0691. The highest BCUT2D eigenvalue weighted by Gasteiger charge is 2.23. The molecule has 0 aliphatic carbocycles. The van der Waals surface area contributed by atoms with Crippen LogP contribution in [0.2, 0.25) is 0 Å². The second-order valence-electron chi connectivity index (χ2n) is 3.64. The van der Waals surface area contributed by atoms with Crippen molar-refractivity contribution in [3.8, 4) is 0 Å². The zero-order valence-corrected chi connectivity index (χ0v) is 9.23. The van der Waals surface area contributed by atoms with E-state index in [-0.39, 0.29) is 12.4 Å². The topological polar surface area (TPSA) is 20.2 Å². The van der Waals surface area contributed by atoms with Crippen molar-refractivity contribution in [3.05, 3.63) is 34.1 Å². The fraction of sp³-hybridized carbons (Fsp3) is 0.400. The molecule has 0 amide bonds. The van der Waals surface area contributed by atoms with E-state index in [1.165, 1.54) is 0 Å². The standard InChI is InChI=1S/C10H12BrFO/c1-10(2,6-13)7-4-3-5-8(11)9(7)12/h3-5,13H,6H2,1-2H3. The third-order valence-electron chi connectivity index (χ3n) is 2.08. The Labute approximate surface area is 85.7 Å². The summed E-state index contributed by atoms with van der Waals surface area (Å²) in [6, 6.07) is 5.10. The van der Waals surface area contributed by atoms with Gasteiger partial charge in [0, 0.05) is 5.41 Å². The minimum atomic E-state index is -0.534. The summed E-state index contributed by atoms with van der Waals surface area (Å²) in [7, 11) is 0. The lowest BCUT2D eigenvalue weighted by Crippen LogP contribution is -2.23. The van der Waals surface area contributed by atoms with Crippen LogP contribution in [0.25, 0.3) is 0 Å². The van der Waals surface area contributed by atoms with Crippen molar-refractivity contribution < 1.29 is 9.50 Å². The second-order valence-corrected chi connectivity index (χ2v) is 4.50. The molecule has 0 spiro atoms. The summed E-state index contributed by atoms with van der Waals surface area (Å²) in [5.41, 5.74) is -0.00204. The van der Waals surface area contributed by atoms with Gasteiger partial charge in [0.15, 0.2) is 0 Å². The SMILES string of the molecule is CC(C)(CO)c1cccc(Br)c1F. The largest absolute Gasteiger partial charge is 0.395 e. The van der Waals surface area contributed by atoms with Gasteiger partial charge in [-0.05, 0) is 27.6 Å². The van der Waals surface area contributed by atoms with Crippen molar-refractivity contribution in [1.82, 2.24) is 0 Å². The molecule has 1 nitrogen and oxygen atoms in total. The van der Waals surface area contributed by atoms with Gasteiger partial charge in [0.2, 0.25) is 0 Å². The van der Waals surface area contributed by atoms with Crippen LogP contribution < -0.4 is 0 Å². The highest BCUT2D eigenvalue weighted by molar-refractivity contribution is 9.10. The van der Waals surface area contributed by atoms with Gasteiger partial charge in [-0.1, -0.05) is 26.0 Å². The molecule has 0 aromatic heterocycles. The Morgan fingerprint density at radius 1 is 1.46 bits per heavy atom.